The number of amides is 1. The van der Waals surface area contributed by atoms with E-state index in [-0.39, 0.29) is 5.91 Å². The molecular formula is C12H17NO. The molecule has 1 aromatic carbocycles. The van der Waals surface area contributed by atoms with Crippen LogP contribution in [0.15, 0.2) is 12.1 Å². The van der Waals surface area contributed by atoms with Crippen molar-refractivity contribution < 1.29 is 4.79 Å². The first-order valence-electron chi connectivity index (χ1n) is 4.82. The zero-order valence-corrected chi connectivity index (χ0v) is 9.27. The third kappa shape index (κ3) is 2.34. The molecule has 0 fully saturated rings. The first-order chi connectivity index (χ1) is 6.52. The number of rotatable bonds is 2. The Morgan fingerprint density at radius 3 is 2.43 bits per heavy atom. The van der Waals surface area contributed by atoms with Crippen LogP contribution in [0.4, 0.5) is 0 Å². The fraction of sp³-hybridized carbons (Fsp3) is 0.417. The highest BCUT2D eigenvalue weighted by molar-refractivity contribution is 5.72. The minimum absolute atomic E-state index is 0.0163. The highest BCUT2D eigenvalue weighted by atomic mass is 16.1. The molecule has 0 radical (unpaired) electrons. The highest BCUT2D eigenvalue weighted by Gasteiger charge is 2.03. The van der Waals surface area contributed by atoms with Gasteiger partial charge in [0.2, 0.25) is 5.91 Å². The maximum absolute atomic E-state index is 10.8. The normalized spacial score (nSPS) is 10.0. The SMILES string of the molecule is CC(=O)NCc1ccc(C)c(C)c1C. The van der Waals surface area contributed by atoms with E-state index in [1.54, 1.807) is 0 Å². The molecule has 0 bridgehead atoms. The van der Waals surface area contributed by atoms with Crippen molar-refractivity contribution in [1.82, 2.24) is 5.32 Å². The number of hydrogen-bond acceptors (Lipinski definition) is 1. The van der Waals surface area contributed by atoms with E-state index in [4.69, 9.17) is 0 Å². The van der Waals surface area contributed by atoms with Crippen LogP contribution in [0.5, 0.6) is 0 Å². The van der Waals surface area contributed by atoms with Crippen molar-refractivity contribution >= 4 is 5.91 Å². The van der Waals surface area contributed by atoms with Gasteiger partial charge in [0, 0.05) is 13.5 Å². The Bertz CT molecular complexity index is 356. The number of benzene rings is 1. The summed E-state index contributed by atoms with van der Waals surface area (Å²) >= 11 is 0. The molecule has 1 aromatic rings. The number of aryl methyl sites for hydroxylation is 1. The van der Waals surface area contributed by atoms with Crippen LogP contribution in [0.2, 0.25) is 0 Å². The standard InChI is InChI=1S/C12H17NO/c1-8-5-6-12(7-13-11(4)14)10(3)9(8)2/h5-6H,7H2,1-4H3,(H,13,14). The summed E-state index contributed by atoms with van der Waals surface area (Å²) in [5.74, 6) is 0.0163. The van der Waals surface area contributed by atoms with Crippen molar-refractivity contribution in [3.8, 4) is 0 Å². The molecule has 0 saturated heterocycles. The van der Waals surface area contributed by atoms with Crippen molar-refractivity contribution in [3.63, 3.8) is 0 Å². The van der Waals surface area contributed by atoms with Crippen LogP contribution in [0.1, 0.15) is 29.2 Å². The first-order valence-corrected chi connectivity index (χ1v) is 4.82. The van der Waals surface area contributed by atoms with Crippen molar-refractivity contribution in [2.24, 2.45) is 0 Å². The van der Waals surface area contributed by atoms with Gasteiger partial charge in [0.25, 0.3) is 0 Å². The van der Waals surface area contributed by atoms with E-state index in [0.29, 0.717) is 6.54 Å². The number of carbonyl (C=O) groups excluding carboxylic acids is 1. The lowest BCUT2D eigenvalue weighted by atomic mass is 9.99. The van der Waals surface area contributed by atoms with Gasteiger partial charge in [-0.2, -0.15) is 0 Å². The van der Waals surface area contributed by atoms with Crippen LogP contribution < -0.4 is 5.32 Å². The molecule has 2 nitrogen and oxygen atoms in total. The van der Waals surface area contributed by atoms with Crippen LogP contribution in [0.3, 0.4) is 0 Å². The summed E-state index contributed by atoms with van der Waals surface area (Å²) < 4.78 is 0. The summed E-state index contributed by atoms with van der Waals surface area (Å²) in [6.45, 7) is 8.48. The van der Waals surface area contributed by atoms with Crippen molar-refractivity contribution in [2.45, 2.75) is 34.2 Å². The monoisotopic (exact) mass is 191 g/mol. The predicted molar refractivity (Wildman–Crippen MR) is 58.2 cm³/mol. The maximum Gasteiger partial charge on any atom is 0.217 e. The van der Waals surface area contributed by atoms with Gasteiger partial charge in [0.15, 0.2) is 0 Å². The van der Waals surface area contributed by atoms with Gasteiger partial charge < -0.3 is 5.32 Å². The van der Waals surface area contributed by atoms with E-state index in [2.05, 4.69) is 38.2 Å². The second kappa shape index (κ2) is 4.27. The van der Waals surface area contributed by atoms with Gasteiger partial charge >= 0.3 is 0 Å². The van der Waals surface area contributed by atoms with Gasteiger partial charge in [-0.1, -0.05) is 12.1 Å². The van der Waals surface area contributed by atoms with Crippen molar-refractivity contribution in [3.05, 3.63) is 34.4 Å². The second-order valence-electron chi connectivity index (χ2n) is 3.70. The third-order valence-electron chi connectivity index (χ3n) is 2.70. The Morgan fingerprint density at radius 2 is 1.86 bits per heavy atom. The quantitative estimate of drug-likeness (QED) is 0.763. The fourth-order valence-corrected chi connectivity index (χ4v) is 1.42. The molecule has 0 heterocycles. The van der Waals surface area contributed by atoms with Crippen molar-refractivity contribution in [1.29, 1.82) is 0 Å². The molecule has 14 heavy (non-hydrogen) atoms. The molecule has 0 aromatic heterocycles. The van der Waals surface area contributed by atoms with Crippen LogP contribution in [-0.2, 0) is 11.3 Å². The molecular weight excluding hydrogens is 174 g/mol. The van der Waals surface area contributed by atoms with Gasteiger partial charge in [-0.25, -0.2) is 0 Å². The molecule has 0 aliphatic heterocycles. The third-order valence-corrected chi connectivity index (χ3v) is 2.70. The van der Waals surface area contributed by atoms with Gasteiger partial charge in [0.05, 0.1) is 0 Å². The Hall–Kier alpha value is -1.31. The van der Waals surface area contributed by atoms with E-state index in [1.165, 1.54) is 29.2 Å². The second-order valence-corrected chi connectivity index (χ2v) is 3.70. The minimum Gasteiger partial charge on any atom is -0.352 e. The summed E-state index contributed by atoms with van der Waals surface area (Å²) in [7, 11) is 0. The molecule has 0 spiro atoms. The molecule has 0 atom stereocenters. The van der Waals surface area contributed by atoms with E-state index < -0.39 is 0 Å². The molecule has 0 aliphatic rings. The molecule has 1 amide bonds. The Kier molecular flexibility index (Phi) is 3.28. The molecule has 1 N–H and O–H groups in total. The average molecular weight is 191 g/mol. The van der Waals surface area contributed by atoms with E-state index in [1.807, 2.05) is 0 Å². The molecule has 0 unspecified atom stereocenters. The molecule has 0 aliphatic carbocycles. The predicted octanol–water partition coefficient (Wildman–Crippen LogP) is 2.25. The number of hydrogen-bond donors (Lipinski definition) is 1. The zero-order chi connectivity index (χ0) is 10.7. The number of carbonyl (C=O) groups is 1. The van der Waals surface area contributed by atoms with E-state index >= 15 is 0 Å². The summed E-state index contributed by atoms with van der Waals surface area (Å²) in [6, 6.07) is 4.17. The molecule has 0 saturated carbocycles. The lowest BCUT2D eigenvalue weighted by molar-refractivity contribution is -0.119. The van der Waals surface area contributed by atoms with Crippen LogP contribution in [-0.4, -0.2) is 5.91 Å². The average Bonchev–Trinajstić information content (AvgIpc) is 2.13. The zero-order valence-electron chi connectivity index (χ0n) is 9.27. The van der Waals surface area contributed by atoms with Gasteiger partial charge in [-0.3, -0.25) is 4.79 Å². The smallest absolute Gasteiger partial charge is 0.217 e. The largest absolute Gasteiger partial charge is 0.352 e. The Morgan fingerprint density at radius 1 is 1.21 bits per heavy atom. The summed E-state index contributed by atoms with van der Waals surface area (Å²) in [5.41, 5.74) is 5.09. The Balaban J connectivity index is 2.88. The van der Waals surface area contributed by atoms with Gasteiger partial charge in [-0.15, -0.1) is 0 Å². The van der Waals surface area contributed by atoms with E-state index in [9.17, 15) is 4.79 Å². The van der Waals surface area contributed by atoms with Crippen LogP contribution in [0, 0.1) is 20.8 Å². The topological polar surface area (TPSA) is 29.1 Å². The van der Waals surface area contributed by atoms with E-state index in [0.717, 1.165) is 0 Å². The summed E-state index contributed by atoms with van der Waals surface area (Å²) in [5, 5.41) is 2.81. The number of nitrogens with one attached hydrogen (secondary N) is 1. The summed E-state index contributed by atoms with van der Waals surface area (Å²) in [4.78, 5) is 10.8. The summed E-state index contributed by atoms with van der Waals surface area (Å²) in [6.07, 6.45) is 0. The Labute approximate surface area is 85.3 Å². The van der Waals surface area contributed by atoms with Gasteiger partial charge in [0.1, 0.15) is 0 Å². The molecule has 1 rings (SSSR count). The minimum atomic E-state index is 0.0163. The lowest BCUT2D eigenvalue weighted by Gasteiger charge is -2.11. The van der Waals surface area contributed by atoms with Crippen molar-refractivity contribution in [2.75, 3.05) is 0 Å². The van der Waals surface area contributed by atoms with Crippen LogP contribution >= 0.6 is 0 Å². The molecule has 2 heteroatoms. The maximum atomic E-state index is 10.8. The lowest BCUT2D eigenvalue weighted by Crippen LogP contribution is -2.19. The first kappa shape index (κ1) is 10.8. The van der Waals surface area contributed by atoms with Gasteiger partial charge in [-0.05, 0) is 43.0 Å². The molecule has 76 valence electrons. The fourth-order valence-electron chi connectivity index (χ4n) is 1.42. The highest BCUT2D eigenvalue weighted by Crippen LogP contribution is 2.16. The van der Waals surface area contributed by atoms with Crippen LogP contribution in [0.25, 0.3) is 0 Å².